The molecular weight excluding hydrogens is 352 g/mol. The van der Waals surface area contributed by atoms with Crippen molar-refractivity contribution in [3.63, 3.8) is 0 Å². The summed E-state index contributed by atoms with van der Waals surface area (Å²) in [6.07, 6.45) is 14.2. The topological polar surface area (TPSA) is 66.8 Å². The maximum Gasteiger partial charge on any atom is 0.305 e. The molecule has 0 aromatic heterocycles. The van der Waals surface area contributed by atoms with Crippen molar-refractivity contribution in [2.45, 2.75) is 91.3 Å². The van der Waals surface area contributed by atoms with Crippen LogP contribution in [0.25, 0.3) is 0 Å². The Bertz CT molecular complexity index is 567. The molecule has 0 aromatic rings. The molecular formula is C24H40O4. The maximum absolute atomic E-state index is 11.1. The number of aliphatic hydroxyl groups is 2. The molecule has 1 rings (SSSR count). The van der Waals surface area contributed by atoms with E-state index in [1.165, 1.54) is 18.3 Å². The molecule has 4 nitrogen and oxygen atoms in total. The number of esters is 1. The normalized spacial score (nSPS) is 20.9. The lowest BCUT2D eigenvalue weighted by atomic mass is 9.81. The summed E-state index contributed by atoms with van der Waals surface area (Å²) >= 11 is 0. The zero-order valence-corrected chi connectivity index (χ0v) is 18.4. The average Bonchev–Trinajstić information content (AvgIpc) is 3.00. The van der Waals surface area contributed by atoms with Gasteiger partial charge < -0.3 is 14.9 Å². The van der Waals surface area contributed by atoms with Crippen LogP contribution in [0.3, 0.4) is 0 Å². The first-order chi connectivity index (χ1) is 13.2. The van der Waals surface area contributed by atoms with Crippen LogP contribution in [0.5, 0.6) is 0 Å². The number of carbonyl (C=O) groups excluding carboxylic acids is 1. The smallest absolute Gasteiger partial charge is 0.305 e. The van der Waals surface area contributed by atoms with Gasteiger partial charge in [0.05, 0.1) is 19.3 Å². The number of carbonyl (C=O) groups is 1. The van der Waals surface area contributed by atoms with Crippen LogP contribution in [0.2, 0.25) is 0 Å². The van der Waals surface area contributed by atoms with E-state index < -0.39 is 12.2 Å². The predicted octanol–water partition coefficient (Wildman–Crippen LogP) is 5.11. The highest BCUT2D eigenvalue weighted by atomic mass is 16.5. The van der Waals surface area contributed by atoms with Crippen molar-refractivity contribution in [2.24, 2.45) is 11.3 Å². The SMILES string of the molecule is COC(=O)CCCCCCC1=CC[C@@H](O)[C@@H]1/C=C/[C@@H](O)C(C)(C)CC=C(C)C. The first kappa shape index (κ1) is 24.6. The minimum atomic E-state index is -0.546. The molecule has 0 saturated carbocycles. The van der Waals surface area contributed by atoms with E-state index in [4.69, 9.17) is 0 Å². The molecule has 0 aromatic carbocycles. The minimum absolute atomic E-state index is 0.00368. The number of aliphatic hydroxyl groups excluding tert-OH is 2. The fourth-order valence-electron chi connectivity index (χ4n) is 3.45. The first-order valence-electron chi connectivity index (χ1n) is 10.6. The number of methoxy groups -OCH3 is 1. The van der Waals surface area contributed by atoms with Gasteiger partial charge in [0.2, 0.25) is 0 Å². The van der Waals surface area contributed by atoms with Crippen molar-refractivity contribution in [2.75, 3.05) is 7.11 Å². The van der Waals surface area contributed by atoms with E-state index in [1.54, 1.807) is 0 Å². The fraction of sp³-hybridized carbons (Fsp3) is 0.708. The quantitative estimate of drug-likeness (QED) is 0.275. The lowest BCUT2D eigenvalue weighted by Gasteiger charge is -2.28. The molecule has 3 atom stereocenters. The fourth-order valence-corrected chi connectivity index (χ4v) is 3.45. The Hall–Kier alpha value is -1.39. The number of hydrogen-bond acceptors (Lipinski definition) is 4. The monoisotopic (exact) mass is 392 g/mol. The Labute approximate surface area is 171 Å². The molecule has 0 radical (unpaired) electrons. The maximum atomic E-state index is 11.1. The van der Waals surface area contributed by atoms with Crippen molar-refractivity contribution in [3.05, 3.63) is 35.5 Å². The molecule has 0 aliphatic heterocycles. The van der Waals surface area contributed by atoms with Crippen molar-refractivity contribution in [1.82, 2.24) is 0 Å². The van der Waals surface area contributed by atoms with Crippen molar-refractivity contribution < 1.29 is 19.7 Å². The molecule has 0 fully saturated rings. The third-order valence-corrected chi connectivity index (χ3v) is 5.63. The van der Waals surface area contributed by atoms with Crippen molar-refractivity contribution in [3.8, 4) is 0 Å². The second-order valence-electron chi connectivity index (χ2n) is 8.90. The first-order valence-corrected chi connectivity index (χ1v) is 10.6. The summed E-state index contributed by atoms with van der Waals surface area (Å²) < 4.78 is 4.65. The van der Waals surface area contributed by atoms with Gasteiger partial charge in [0.15, 0.2) is 0 Å². The second-order valence-corrected chi connectivity index (χ2v) is 8.90. The zero-order valence-electron chi connectivity index (χ0n) is 18.4. The Kier molecular flexibility index (Phi) is 10.8. The van der Waals surface area contributed by atoms with Gasteiger partial charge in [-0.15, -0.1) is 0 Å². The molecule has 1 aliphatic carbocycles. The van der Waals surface area contributed by atoms with Crippen LogP contribution in [-0.2, 0) is 9.53 Å². The zero-order chi connectivity index (χ0) is 21.2. The van der Waals surface area contributed by atoms with E-state index in [0.29, 0.717) is 12.8 Å². The molecule has 0 saturated heterocycles. The molecule has 160 valence electrons. The average molecular weight is 393 g/mol. The summed E-state index contributed by atoms with van der Waals surface area (Å²) in [7, 11) is 1.42. The lowest BCUT2D eigenvalue weighted by Crippen LogP contribution is -2.27. The van der Waals surface area contributed by atoms with Gasteiger partial charge in [0.25, 0.3) is 0 Å². The van der Waals surface area contributed by atoms with Gasteiger partial charge in [-0.2, -0.15) is 0 Å². The predicted molar refractivity (Wildman–Crippen MR) is 115 cm³/mol. The molecule has 2 N–H and O–H groups in total. The third-order valence-electron chi connectivity index (χ3n) is 5.63. The van der Waals surface area contributed by atoms with Crippen LogP contribution < -0.4 is 0 Å². The molecule has 4 heteroatoms. The summed E-state index contributed by atoms with van der Waals surface area (Å²) in [6, 6.07) is 0. The Morgan fingerprint density at radius 1 is 1.29 bits per heavy atom. The van der Waals surface area contributed by atoms with Gasteiger partial charge in [0, 0.05) is 12.3 Å². The van der Waals surface area contributed by atoms with Crippen LogP contribution in [0.1, 0.15) is 79.1 Å². The van der Waals surface area contributed by atoms with E-state index >= 15 is 0 Å². The minimum Gasteiger partial charge on any atom is -0.469 e. The van der Waals surface area contributed by atoms with Gasteiger partial charge in [-0.3, -0.25) is 4.79 Å². The Balaban J connectivity index is 2.48. The van der Waals surface area contributed by atoms with E-state index in [-0.39, 0.29) is 17.3 Å². The Morgan fingerprint density at radius 3 is 2.61 bits per heavy atom. The van der Waals surface area contributed by atoms with Gasteiger partial charge in [-0.25, -0.2) is 0 Å². The number of ether oxygens (including phenoxy) is 1. The summed E-state index contributed by atoms with van der Waals surface area (Å²) in [6.45, 7) is 8.27. The molecule has 28 heavy (non-hydrogen) atoms. The summed E-state index contributed by atoms with van der Waals surface area (Å²) in [5.74, 6) is -0.137. The van der Waals surface area contributed by atoms with Gasteiger partial charge >= 0.3 is 5.97 Å². The van der Waals surface area contributed by atoms with Crippen LogP contribution in [0, 0.1) is 11.3 Å². The standard InChI is InChI=1S/C24H40O4/c1-18(2)16-17-24(3,4)22(26)15-13-20-19(12-14-21(20)25)10-8-6-7-9-11-23(27)28-5/h12-13,15-16,20-22,25-26H,6-11,14,17H2,1-5H3/b15-13+/t20-,21-,22-/m1/s1. The third kappa shape index (κ3) is 8.74. The summed E-state index contributed by atoms with van der Waals surface area (Å²) in [4.78, 5) is 11.1. The van der Waals surface area contributed by atoms with Crippen LogP contribution in [-0.4, -0.2) is 35.5 Å². The molecule has 0 heterocycles. The highest BCUT2D eigenvalue weighted by molar-refractivity contribution is 5.68. The van der Waals surface area contributed by atoms with Crippen LogP contribution in [0.4, 0.5) is 0 Å². The molecule has 0 unspecified atom stereocenters. The second kappa shape index (κ2) is 12.2. The van der Waals surface area contributed by atoms with Crippen LogP contribution >= 0.6 is 0 Å². The van der Waals surface area contributed by atoms with Crippen molar-refractivity contribution >= 4 is 5.97 Å². The summed E-state index contributed by atoms with van der Waals surface area (Å²) in [5, 5.41) is 20.9. The van der Waals surface area contributed by atoms with E-state index in [2.05, 4.69) is 44.6 Å². The number of allylic oxidation sites excluding steroid dienone is 2. The van der Waals surface area contributed by atoms with Gasteiger partial charge in [0.1, 0.15) is 0 Å². The van der Waals surface area contributed by atoms with E-state index in [9.17, 15) is 15.0 Å². The molecule has 0 amide bonds. The number of unbranched alkanes of at least 4 members (excludes halogenated alkanes) is 3. The summed E-state index contributed by atoms with van der Waals surface area (Å²) in [5.41, 5.74) is 2.29. The van der Waals surface area contributed by atoms with Gasteiger partial charge in [-0.05, 0) is 51.4 Å². The number of hydrogen-bond donors (Lipinski definition) is 2. The highest BCUT2D eigenvalue weighted by Crippen LogP contribution is 2.33. The molecule has 0 spiro atoms. The lowest BCUT2D eigenvalue weighted by molar-refractivity contribution is -0.140. The molecule has 1 aliphatic rings. The largest absolute Gasteiger partial charge is 0.469 e. The van der Waals surface area contributed by atoms with Crippen LogP contribution in [0.15, 0.2) is 35.5 Å². The van der Waals surface area contributed by atoms with Crippen molar-refractivity contribution in [1.29, 1.82) is 0 Å². The van der Waals surface area contributed by atoms with E-state index in [0.717, 1.165) is 38.5 Å². The molecule has 0 bridgehead atoms. The highest BCUT2D eigenvalue weighted by Gasteiger charge is 2.28. The Morgan fingerprint density at radius 2 is 1.96 bits per heavy atom. The number of rotatable bonds is 12. The van der Waals surface area contributed by atoms with E-state index in [1.807, 2.05) is 12.2 Å². The van der Waals surface area contributed by atoms with Gasteiger partial charge in [-0.1, -0.05) is 62.1 Å².